The highest BCUT2D eigenvalue weighted by atomic mass is 32.2. The van der Waals surface area contributed by atoms with Gasteiger partial charge in [-0.1, -0.05) is 37.3 Å². The highest BCUT2D eigenvalue weighted by Gasteiger charge is 2.21. The Kier molecular flexibility index (Phi) is 9.57. The van der Waals surface area contributed by atoms with E-state index in [1.807, 2.05) is 0 Å². The van der Waals surface area contributed by atoms with Gasteiger partial charge in [0.1, 0.15) is 5.75 Å². The second-order valence-electron chi connectivity index (χ2n) is 10.5. The summed E-state index contributed by atoms with van der Waals surface area (Å²) in [6.45, 7) is 5.23. The first-order valence-electron chi connectivity index (χ1n) is 13.9. The van der Waals surface area contributed by atoms with Crippen molar-refractivity contribution in [1.82, 2.24) is 19.5 Å². The summed E-state index contributed by atoms with van der Waals surface area (Å²) >= 11 is 0. The molecule has 3 amide bonds. The summed E-state index contributed by atoms with van der Waals surface area (Å²) in [6.07, 6.45) is 4.40. The molecule has 0 spiro atoms. The van der Waals surface area contributed by atoms with E-state index in [4.69, 9.17) is 4.74 Å². The number of aryl methyl sites for hydroxylation is 2. The smallest absolute Gasteiger partial charge is 0.316 e. The molecule has 9 nitrogen and oxygen atoms in total. The number of amides is 3. The Hall–Kier alpha value is -4.31. The monoisotopic (exact) mass is 590 g/mol. The molecule has 4 aromatic rings. The number of hydrogen-bond acceptors (Lipinski definition) is 5. The Morgan fingerprint density at radius 2 is 1.76 bits per heavy atom. The van der Waals surface area contributed by atoms with Crippen molar-refractivity contribution in [2.24, 2.45) is 0 Å². The highest BCUT2D eigenvalue weighted by Crippen LogP contribution is 2.30. The van der Waals surface area contributed by atoms with Crippen molar-refractivity contribution >= 4 is 32.9 Å². The third-order valence-electron chi connectivity index (χ3n) is 7.13. The SMILES string of the molecule is CCCn1cc(Cc2ccc(C(=O)NS(=O)(=O)c3ccccc3C)cc2OC)c2cc(CCNC(=O)N(C)C)ccc21. The predicted molar refractivity (Wildman–Crippen MR) is 165 cm³/mol. The zero-order valence-corrected chi connectivity index (χ0v) is 25.5. The largest absolute Gasteiger partial charge is 0.496 e. The predicted octanol–water partition coefficient (Wildman–Crippen LogP) is 4.89. The third kappa shape index (κ3) is 6.94. The standard InChI is InChI=1S/C32H38N4O5S/c1-6-17-36-21-26(27-18-23(11-14-28(27)36)15-16-33-32(38)35(3)4)19-24-12-13-25(20-29(24)41-5)31(37)34-42(39,40)30-10-8-7-9-22(30)2/h7-14,18,20-21H,6,15-17,19H2,1-5H3,(H,33,38)(H,34,37). The number of nitrogens with zero attached hydrogens (tertiary/aromatic N) is 2. The van der Waals surface area contributed by atoms with Crippen molar-refractivity contribution < 1.29 is 22.7 Å². The van der Waals surface area contributed by atoms with Crippen LogP contribution < -0.4 is 14.8 Å². The van der Waals surface area contributed by atoms with Crippen LogP contribution in [0.4, 0.5) is 4.79 Å². The fraction of sp³-hybridized carbons (Fsp3) is 0.312. The number of carbonyl (C=O) groups excluding carboxylic acids is 2. The molecule has 1 aromatic heterocycles. The molecule has 42 heavy (non-hydrogen) atoms. The average Bonchev–Trinajstić information content (AvgIpc) is 3.29. The zero-order valence-electron chi connectivity index (χ0n) is 24.7. The number of benzene rings is 3. The first kappa shape index (κ1) is 30.6. The Labute approximate surface area is 247 Å². The molecule has 0 saturated carbocycles. The molecule has 0 bridgehead atoms. The van der Waals surface area contributed by atoms with Gasteiger partial charge in [-0.2, -0.15) is 0 Å². The van der Waals surface area contributed by atoms with Gasteiger partial charge in [-0.25, -0.2) is 17.9 Å². The molecule has 0 radical (unpaired) electrons. The summed E-state index contributed by atoms with van der Waals surface area (Å²) in [5, 5.41) is 4.03. The Balaban J connectivity index is 1.59. The van der Waals surface area contributed by atoms with E-state index < -0.39 is 15.9 Å². The van der Waals surface area contributed by atoms with Crippen LogP contribution in [0.2, 0.25) is 0 Å². The van der Waals surface area contributed by atoms with Crippen molar-refractivity contribution in [2.45, 2.75) is 44.6 Å². The number of rotatable bonds is 11. The molecule has 0 aliphatic rings. The van der Waals surface area contributed by atoms with Gasteiger partial charge in [-0.3, -0.25) is 4.79 Å². The molecule has 1 heterocycles. The van der Waals surface area contributed by atoms with Crippen LogP contribution in [0.5, 0.6) is 5.75 Å². The number of aromatic nitrogens is 1. The molecule has 222 valence electrons. The maximum atomic E-state index is 13.0. The first-order valence-corrected chi connectivity index (χ1v) is 15.4. The van der Waals surface area contributed by atoms with Crippen molar-refractivity contribution in [2.75, 3.05) is 27.7 Å². The first-order chi connectivity index (χ1) is 20.0. The van der Waals surface area contributed by atoms with Gasteiger partial charge in [0.05, 0.1) is 12.0 Å². The molecule has 0 aliphatic heterocycles. The van der Waals surface area contributed by atoms with Crippen molar-refractivity contribution in [3.05, 3.63) is 94.7 Å². The van der Waals surface area contributed by atoms with Gasteiger partial charge in [0.2, 0.25) is 0 Å². The third-order valence-corrected chi connectivity index (χ3v) is 8.62. The molecule has 0 saturated heterocycles. The van der Waals surface area contributed by atoms with Crippen molar-refractivity contribution in [3.63, 3.8) is 0 Å². The minimum Gasteiger partial charge on any atom is -0.496 e. The van der Waals surface area contributed by atoms with Crippen LogP contribution in [0.25, 0.3) is 10.9 Å². The van der Waals surface area contributed by atoms with E-state index in [1.165, 1.54) is 18.1 Å². The highest BCUT2D eigenvalue weighted by molar-refractivity contribution is 7.90. The molecule has 3 aromatic carbocycles. The molecular formula is C32H38N4O5S. The number of hydrogen-bond donors (Lipinski definition) is 2. The number of urea groups is 1. The number of fused-ring (bicyclic) bond motifs is 1. The Morgan fingerprint density at radius 3 is 2.45 bits per heavy atom. The maximum Gasteiger partial charge on any atom is 0.316 e. The van der Waals surface area contributed by atoms with Gasteiger partial charge in [0.25, 0.3) is 15.9 Å². The second-order valence-corrected chi connectivity index (χ2v) is 12.1. The van der Waals surface area contributed by atoms with E-state index in [2.05, 4.69) is 45.9 Å². The number of methoxy groups -OCH3 is 1. The van der Waals surface area contributed by atoms with Crippen LogP contribution >= 0.6 is 0 Å². The van der Waals surface area contributed by atoms with E-state index in [-0.39, 0.29) is 16.5 Å². The van der Waals surface area contributed by atoms with Gasteiger partial charge in [0, 0.05) is 56.3 Å². The molecule has 0 unspecified atom stereocenters. The molecule has 2 N–H and O–H groups in total. The number of nitrogens with one attached hydrogen (secondary N) is 2. The summed E-state index contributed by atoms with van der Waals surface area (Å²) in [7, 11) is 0.927. The van der Waals surface area contributed by atoms with E-state index in [0.717, 1.165) is 40.6 Å². The zero-order chi connectivity index (χ0) is 30.4. The quantitative estimate of drug-likeness (QED) is 0.259. The molecule has 4 rings (SSSR count). The van der Waals surface area contributed by atoms with E-state index in [0.29, 0.717) is 30.7 Å². The summed E-state index contributed by atoms with van der Waals surface area (Å²) < 4.78 is 35.8. The number of ether oxygens (including phenoxy) is 1. The minimum absolute atomic E-state index is 0.0601. The lowest BCUT2D eigenvalue weighted by Crippen LogP contribution is -2.35. The van der Waals surface area contributed by atoms with Crippen molar-refractivity contribution in [3.8, 4) is 5.75 Å². The van der Waals surface area contributed by atoms with E-state index >= 15 is 0 Å². The number of carbonyl (C=O) groups is 2. The lowest BCUT2D eigenvalue weighted by atomic mass is 10.00. The van der Waals surface area contributed by atoms with Gasteiger partial charge >= 0.3 is 6.03 Å². The maximum absolute atomic E-state index is 13.0. The van der Waals surface area contributed by atoms with Crippen molar-refractivity contribution in [1.29, 1.82) is 0 Å². The fourth-order valence-corrected chi connectivity index (χ4v) is 6.16. The van der Waals surface area contributed by atoms with E-state index in [1.54, 1.807) is 57.4 Å². The van der Waals surface area contributed by atoms with Crippen LogP contribution in [0.3, 0.4) is 0 Å². The summed E-state index contributed by atoms with van der Waals surface area (Å²) in [5.41, 5.74) is 4.96. The van der Waals surface area contributed by atoms with Gasteiger partial charge in [0.15, 0.2) is 0 Å². The van der Waals surface area contributed by atoms with Crippen LogP contribution in [0, 0.1) is 6.92 Å². The molecule has 0 fully saturated rings. The van der Waals surface area contributed by atoms with Gasteiger partial charge < -0.3 is 19.5 Å². The molecule has 10 heteroatoms. The summed E-state index contributed by atoms with van der Waals surface area (Å²) in [6, 6.07) is 17.8. The van der Waals surface area contributed by atoms with Crippen LogP contribution in [0.15, 0.2) is 71.8 Å². The van der Waals surface area contributed by atoms with Crippen LogP contribution in [-0.2, 0) is 29.4 Å². The normalized spacial score (nSPS) is 11.4. The van der Waals surface area contributed by atoms with E-state index in [9.17, 15) is 18.0 Å². The Bertz CT molecular complexity index is 1710. The average molecular weight is 591 g/mol. The van der Waals surface area contributed by atoms with Gasteiger partial charge in [-0.05, 0) is 72.4 Å². The minimum atomic E-state index is -4.03. The van der Waals surface area contributed by atoms with Gasteiger partial charge in [-0.15, -0.1) is 0 Å². The number of sulfonamides is 1. The molecule has 0 atom stereocenters. The summed E-state index contributed by atoms with van der Waals surface area (Å²) in [4.78, 5) is 26.4. The van der Waals surface area contributed by atoms with Crippen LogP contribution in [0.1, 0.15) is 46.0 Å². The van der Waals surface area contributed by atoms with Crippen LogP contribution in [-0.4, -0.2) is 57.6 Å². The topological polar surface area (TPSA) is 110 Å². The lowest BCUT2D eigenvalue weighted by Gasteiger charge is -2.13. The Morgan fingerprint density at radius 1 is 1.00 bits per heavy atom. The lowest BCUT2D eigenvalue weighted by molar-refractivity contribution is 0.0981. The molecule has 0 aliphatic carbocycles. The summed E-state index contributed by atoms with van der Waals surface area (Å²) in [5.74, 6) is -0.233. The second kappa shape index (κ2) is 13.1. The fourth-order valence-electron chi connectivity index (χ4n) is 4.94. The molecular weight excluding hydrogens is 552 g/mol.